The van der Waals surface area contributed by atoms with Crippen LogP contribution in [0.15, 0.2) is 36.4 Å². The van der Waals surface area contributed by atoms with Crippen molar-refractivity contribution >= 4 is 39.8 Å². The molecule has 5 rings (SSSR count). The van der Waals surface area contributed by atoms with Crippen LogP contribution in [-0.2, 0) is 10.2 Å². The largest absolute Gasteiger partial charge is 0.369 e. The number of rotatable bonds is 4. The normalized spacial score (nSPS) is 23.3. The maximum atomic E-state index is 13.4. The first-order valence-corrected chi connectivity index (χ1v) is 11.4. The van der Waals surface area contributed by atoms with Crippen LogP contribution < -0.4 is 18.8 Å². The molecule has 1 atom stereocenters. The van der Waals surface area contributed by atoms with Gasteiger partial charge in [-0.3, -0.25) is 0 Å². The van der Waals surface area contributed by atoms with Gasteiger partial charge in [-0.2, -0.15) is 8.42 Å². The van der Waals surface area contributed by atoms with Crippen LogP contribution in [0.4, 0.5) is 26.0 Å². The minimum atomic E-state index is -3.89. The molecule has 1 N–H and O–H groups in total. The molecule has 3 aliphatic rings. The van der Waals surface area contributed by atoms with E-state index in [1.54, 1.807) is 12.1 Å². The monoisotopic (exact) mass is 471 g/mol. The Hall–Kier alpha value is -2.17. The molecule has 0 amide bonds. The average molecular weight is 472 g/mol. The van der Waals surface area contributed by atoms with Crippen molar-refractivity contribution in [3.05, 3.63) is 36.4 Å². The fraction of sp³-hybridized carbons (Fsp3) is 0.450. The Morgan fingerprint density at radius 1 is 1.13 bits per heavy atom. The van der Waals surface area contributed by atoms with Gasteiger partial charge in [0, 0.05) is 63.4 Å². The molecule has 1 saturated carbocycles. The van der Waals surface area contributed by atoms with E-state index in [2.05, 4.69) is 15.2 Å². The van der Waals surface area contributed by atoms with Crippen molar-refractivity contribution in [1.29, 1.82) is 0 Å². The zero-order valence-electron chi connectivity index (χ0n) is 17.0. The fourth-order valence-electron chi connectivity index (χ4n) is 4.04. The Bertz CT molecular complexity index is 1080. The zero-order chi connectivity index (χ0) is 21.1. The quantitative estimate of drug-likeness (QED) is 0.742. The van der Waals surface area contributed by atoms with E-state index < -0.39 is 22.0 Å². The minimum Gasteiger partial charge on any atom is -0.369 e. The molecule has 0 radical (unpaired) electrons. The lowest BCUT2D eigenvalue weighted by Gasteiger charge is -2.29. The Morgan fingerprint density at radius 2 is 1.77 bits per heavy atom. The van der Waals surface area contributed by atoms with Gasteiger partial charge in [-0.1, -0.05) is 12.1 Å². The van der Waals surface area contributed by atoms with Gasteiger partial charge in [-0.15, -0.1) is 12.4 Å². The molecule has 2 aromatic rings. The SMILES string of the molecule is CN1c2nc(-c3ccc(N4CCNCC4)cc3)ccc2N(CC2CC2(F)F)S1(=O)=O.Cl. The van der Waals surface area contributed by atoms with Crippen LogP contribution in [0.25, 0.3) is 11.3 Å². The number of nitrogens with one attached hydrogen (secondary N) is 1. The van der Waals surface area contributed by atoms with Gasteiger partial charge < -0.3 is 10.2 Å². The van der Waals surface area contributed by atoms with Crippen molar-refractivity contribution in [3.63, 3.8) is 0 Å². The molecular formula is C20H24ClF2N5O2S. The van der Waals surface area contributed by atoms with Crippen LogP contribution in [0.3, 0.4) is 0 Å². The number of piperazine rings is 1. The molecule has 1 unspecified atom stereocenters. The van der Waals surface area contributed by atoms with Crippen LogP contribution in [0.5, 0.6) is 0 Å². The van der Waals surface area contributed by atoms with Crippen molar-refractivity contribution in [2.45, 2.75) is 12.3 Å². The third-order valence-corrected chi connectivity index (χ3v) is 7.80. The van der Waals surface area contributed by atoms with Gasteiger partial charge in [-0.05, 0) is 24.3 Å². The van der Waals surface area contributed by atoms with E-state index >= 15 is 0 Å². The maximum Gasteiger partial charge on any atom is 0.327 e. The summed E-state index contributed by atoms with van der Waals surface area (Å²) in [5, 5.41) is 3.33. The molecular weight excluding hydrogens is 448 g/mol. The number of hydrogen-bond acceptors (Lipinski definition) is 5. The molecule has 11 heteroatoms. The highest BCUT2D eigenvalue weighted by Crippen LogP contribution is 2.51. The first kappa shape index (κ1) is 22.0. The third kappa shape index (κ3) is 3.81. The van der Waals surface area contributed by atoms with Crippen molar-refractivity contribution in [1.82, 2.24) is 10.3 Å². The van der Waals surface area contributed by atoms with Crippen molar-refractivity contribution in [2.75, 3.05) is 53.3 Å². The standard InChI is InChI=1S/C20H23F2N5O2S.ClH/c1-25-19-18(27(30(25,28)29)13-15-12-20(15,21)22)7-6-17(24-19)14-2-4-16(5-3-14)26-10-8-23-9-11-26;/h2-7,15,23H,8-13H2,1H3;1H. The van der Waals surface area contributed by atoms with Crippen LogP contribution >= 0.6 is 12.4 Å². The van der Waals surface area contributed by atoms with Crippen LogP contribution in [0, 0.1) is 5.92 Å². The van der Waals surface area contributed by atoms with E-state index in [0.717, 1.165) is 46.0 Å². The molecule has 1 aromatic heterocycles. The molecule has 2 fully saturated rings. The topological polar surface area (TPSA) is 68.8 Å². The predicted molar refractivity (Wildman–Crippen MR) is 120 cm³/mol. The summed E-state index contributed by atoms with van der Waals surface area (Å²) >= 11 is 0. The summed E-state index contributed by atoms with van der Waals surface area (Å²) in [5.41, 5.74) is 3.00. The second-order valence-electron chi connectivity index (χ2n) is 7.99. The van der Waals surface area contributed by atoms with E-state index in [0.29, 0.717) is 11.4 Å². The number of hydrogen-bond donors (Lipinski definition) is 1. The number of benzene rings is 1. The molecule has 1 aliphatic carbocycles. The van der Waals surface area contributed by atoms with Crippen LogP contribution in [-0.4, -0.2) is 59.1 Å². The first-order chi connectivity index (χ1) is 14.3. The van der Waals surface area contributed by atoms with E-state index in [1.165, 1.54) is 7.05 Å². The van der Waals surface area contributed by atoms with Gasteiger partial charge in [0.05, 0.1) is 11.4 Å². The number of halogens is 3. The van der Waals surface area contributed by atoms with Gasteiger partial charge >= 0.3 is 10.2 Å². The molecule has 31 heavy (non-hydrogen) atoms. The summed E-state index contributed by atoms with van der Waals surface area (Å²) in [4.78, 5) is 6.86. The molecule has 2 aliphatic heterocycles. The molecule has 1 saturated heterocycles. The summed E-state index contributed by atoms with van der Waals surface area (Å²) in [5.74, 6) is -3.46. The van der Waals surface area contributed by atoms with Crippen LogP contribution in [0.2, 0.25) is 0 Å². The lowest BCUT2D eigenvalue weighted by molar-refractivity contribution is 0.101. The second kappa shape index (κ2) is 7.75. The zero-order valence-corrected chi connectivity index (χ0v) is 18.6. The van der Waals surface area contributed by atoms with Gasteiger partial charge in [0.1, 0.15) is 0 Å². The van der Waals surface area contributed by atoms with Crippen molar-refractivity contribution in [2.24, 2.45) is 5.92 Å². The fourth-order valence-corrected chi connectivity index (χ4v) is 5.44. The number of nitrogens with zero attached hydrogens (tertiary/aromatic N) is 4. The molecule has 7 nitrogen and oxygen atoms in total. The number of anilines is 3. The summed E-state index contributed by atoms with van der Waals surface area (Å²) in [6.45, 7) is 3.59. The van der Waals surface area contributed by atoms with Crippen molar-refractivity contribution < 1.29 is 17.2 Å². The lowest BCUT2D eigenvalue weighted by Crippen LogP contribution is -2.43. The highest BCUT2D eigenvalue weighted by Gasteiger charge is 2.59. The highest BCUT2D eigenvalue weighted by molar-refractivity contribution is 7.94. The third-order valence-electron chi connectivity index (χ3n) is 6.03. The molecule has 0 bridgehead atoms. The smallest absolute Gasteiger partial charge is 0.327 e. The Kier molecular flexibility index (Phi) is 5.51. The second-order valence-corrected chi connectivity index (χ2v) is 9.88. The summed E-state index contributed by atoms with van der Waals surface area (Å²) in [6, 6.07) is 11.4. The number of fused-ring (bicyclic) bond motifs is 1. The minimum absolute atomic E-state index is 0. The van der Waals surface area contributed by atoms with Gasteiger partial charge in [-0.25, -0.2) is 22.4 Å². The summed E-state index contributed by atoms with van der Waals surface area (Å²) < 4.78 is 54.4. The average Bonchev–Trinajstić information content (AvgIpc) is 3.32. The van der Waals surface area contributed by atoms with Crippen molar-refractivity contribution in [3.8, 4) is 11.3 Å². The van der Waals surface area contributed by atoms with Gasteiger partial charge in [0.25, 0.3) is 5.92 Å². The van der Waals surface area contributed by atoms with E-state index in [9.17, 15) is 17.2 Å². The van der Waals surface area contributed by atoms with Gasteiger partial charge in [0.2, 0.25) is 0 Å². The van der Waals surface area contributed by atoms with E-state index in [4.69, 9.17) is 0 Å². The summed E-state index contributed by atoms with van der Waals surface area (Å²) in [6.07, 6.45) is -0.275. The molecule has 0 spiro atoms. The Morgan fingerprint density at radius 3 is 2.39 bits per heavy atom. The Balaban J connectivity index is 0.00000231. The maximum absolute atomic E-state index is 13.4. The Labute approximate surface area is 186 Å². The first-order valence-electron chi connectivity index (χ1n) is 9.99. The lowest BCUT2D eigenvalue weighted by atomic mass is 10.1. The highest BCUT2D eigenvalue weighted by atomic mass is 35.5. The molecule has 168 valence electrons. The molecule has 1 aromatic carbocycles. The van der Waals surface area contributed by atoms with Gasteiger partial charge in [0.15, 0.2) is 5.82 Å². The summed E-state index contributed by atoms with van der Waals surface area (Å²) in [7, 11) is -2.49. The van der Waals surface area contributed by atoms with E-state index in [1.807, 2.05) is 24.3 Å². The van der Waals surface area contributed by atoms with E-state index in [-0.39, 0.29) is 31.2 Å². The predicted octanol–water partition coefficient (Wildman–Crippen LogP) is 2.74. The number of aromatic nitrogens is 1. The number of pyridine rings is 1. The van der Waals surface area contributed by atoms with Crippen LogP contribution in [0.1, 0.15) is 6.42 Å². The molecule has 3 heterocycles. The number of alkyl halides is 2.